The molecule has 0 aliphatic rings. The summed E-state index contributed by atoms with van der Waals surface area (Å²) in [4.78, 5) is 9.01. The zero-order valence-electron chi connectivity index (χ0n) is 16.1. The molecule has 0 radical (unpaired) electrons. The van der Waals surface area contributed by atoms with Crippen LogP contribution in [0.25, 0.3) is 16.8 Å². The van der Waals surface area contributed by atoms with Crippen LogP contribution in [0.3, 0.4) is 0 Å². The van der Waals surface area contributed by atoms with E-state index in [2.05, 4.69) is 14.7 Å². The topological polar surface area (TPSA) is 69.0 Å². The van der Waals surface area contributed by atoms with Crippen LogP contribution in [-0.2, 0) is 11.0 Å². The van der Waals surface area contributed by atoms with Crippen LogP contribution in [0, 0.1) is 6.92 Å². The Morgan fingerprint density at radius 1 is 1.07 bits per heavy atom. The van der Waals surface area contributed by atoms with Gasteiger partial charge in [-0.3, -0.25) is 4.98 Å². The van der Waals surface area contributed by atoms with Gasteiger partial charge in [-0.25, -0.2) is 9.19 Å². The number of hydrogen-bond acceptors (Lipinski definition) is 4. The van der Waals surface area contributed by atoms with Crippen molar-refractivity contribution in [1.29, 1.82) is 0 Å². The van der Waals surface area contributed by atoms with Crippen molar-refractivity contribution in [2.75, 3.05) is 11.8 Å². The van der Waals surface area contributed by atoms with Crippen molar-refractivity contribution in [3.05, 3.63) is 85.2 Å². The maximum absolute atomic E-state index is 13.1. The molecule has 0 aliphatic carbocycles. The number of anilines is 1. The average molecular weight is 404 g/mol. The third-order valence-electron chi connectivity index (χ3n) is 4.46. The number of hydrogen-bond donors (Lipinski definition) is 1. The minimum Gasteiger partial charge on any atom is -0.494 e. The van der Waals surface area contributed by atoms with E-state index in [0.29, 0.717) is 16.3 Å². The van der Waals surface area contributed by atoms with E-state index in [1.165, 1.54) is 0 Å². The summed E-state index contributed by atoms with van der Waals surface area (Å²) in [6.45, 7) is 1.93. The van der Waals surface area contributed by atoms with Crippen molar-refractivity contribution >= 4 is 16.7 Å². The first-order valence-corrected chi connectivity index (χ1v) is 10.2. The summed E-state index contributed by atoms with van der Waals surface area (Å²) in [5.41, 5.74) is 4.35. The molecular weight excluding hydrogens is 384 g/mol. The van der Waals surface area contributed by atoms with Gasteiger partial charge in [0.25, 0.3) is 0 Å². The third kappa shape index (κ3) is 4.05. The number of rotatable bonds is 6. The van der Waals surface area contributed by atoms with Gasteiger partial charge in [-0.1, -0.05) is 18.2 Å². The number of methoxy groups -OCH3 is 1. The quantitative estimate of drug-likeness (QED) is 0.518. The lowest BCUT2D eigenvalue weighted by molar-refractivity contribution is 0.413. The van der Waals surface area contributed by atoms with E-state index in [0.717, 1.165) is 22.5 Å². The number of nitrogens with one attached hydrogen (secondary N) is 1. The summed E-state index contributed by atoms with van der Waals surface area (Å²) in [7, 11) is 0.164. The second-order valence-corrected chi connectivity index (χ2v) is 7.59. The maximum atomic E-state index is 13.1. The van der Waals surface area contributed by atoms with Crippen LogP contribution in [0.15, 0.2) is 84.4 Å². The molecule has 2 aromatic heterocycles. The molecule has 0 aliphatic heterocycles. The fourth-order valence-corrected chi connectivity index (χ4v) is 4.11. The van der Waals surface area contributed by atoms with Crippen molar-refractivity contribution in [1.82, 2.24) is 14.5 Å². The van der Waals surface area contributed by atoms with Crippen LogP contribution >= 0.6 is 0 Å². The molecule has 4 rings (SSSR count). The Morgan fingerprint density at radius 2 is 1.86 bits per heavy atom. The molecule has 4 aromatic rings. The summed E-state index contributed by atoms with van der Waals surface area (Å²) in [6, 6.07) is 17.0. The summed E-state index contributed by atoms with van der Waals surface area (Å²) in [5.74, 6) is 0.659. The molecule has 0 saturated heterocycles. The van der Waals surface area contributed by atoms with Crippen LogP contribution in [0.2, 0.25) is 0 Å². The van der Waals surface area contributed by atoms with Crippen molar-refractivity contribution < 1.29 is 8.95 Å². The molecule has 29 heavy (non-hydrogen) atoms. The first-order chi connectivity index (χ1) is 14.2. The number of benzene rings is 2. The number of imidazole rings is 1. The van der Waals surface area contributed by atoms with E-state index in [1.807, 2.05) is 72.3 Å². The van der Waals surface area contributed by atoms with Gasteiger partial charge in [-0.05, 0) is 48.4 Å². The molecule has 2 heterocycles. The Labute approximate surface area is 171 Å². The van der Waals surface area contributed by atoms with Crippen molar-refractivity contribution in [2.45, 2.75) is 11.8 Å². The average Bonchev–Trinajstić information content (AvgIpc) is 3.20. The Hall–Kier alpha value is -3.45. The molecule has 0 saturated carbocycles. The molecule has 6 nitrogen and oxygen atoms in total. The second-order valence-electron chi connectivity index (χ2n) is 6.41. The van der Waals surface area contributed by atoms with Crippen molar-refractivity contribution in [2.24, 2.45) is 0 Å². The van der Waals surface area contributed by atoms with Gasteiger partial charge < -0.3 is 14.0 Å². The number of ether oxygens (including phenoxy) is 1. The largest absolute Gasteiger partial charge is 0.494 e. The van der Waals surface area contributed by atoms with Gasteiger partial charge in [0.15, 0.2) is 11.0 Å². The molecule has 7 heteroatoms. The minimum atomic E-state index is -1.45. The molecule has 0 fully saturated rings. The summed E-state index contributed by atoms with van der Waals surface area (Å²) >= 11 is 0. The highest BCUT2D eigenvalue weighted by molar-refractivity contribution is 7.86. The summed E-state index contributed by atoms with van der Waals surface area (Å²) in [5, 5.41) is 0. The SMILES string of the molecule is COc1cc(NS(=O)c2ccccc2-c2ccncc2)ccc1-n1cnc(C)c1. The van der Waals surface area contributed by atoms with E-state index >= 15 is 0 Å². The molecule has 1 atom stereocenters. The first kappa shape index (κ1) is 18.9. The predicted octanol–water partition coefficient (Wildman–Crippen LogP) is 4.39. The predicted molar refractivity (Wildman–Crippen MR) is 115 cm³/mol. The first-order valence-electron chi connectivity index (χ1n) is 9.02. The van der Waals surface area contributed by atoms with E-state index in [4.69, 9.17) is 4.74 Å². The van der Waals surface area contributed by atoms with E-state index in [-0.39, 0.29) is 0 Å². The molecule has 146 valence electrons. The lowest BCUT2D eigenvalue weighted by Crippen LogP contribution is -2.07. The normalized spacial score (nSPS) is 11.8. The lowest BCUT2D eigenvalue weighted by Gasteiger charge is -2.14. The van der Waals surface area contributed by atoms with Crippen LogP contribution in [-0.4, -0.2) is 25.9 Å². The van der Waals surface area contributed by atoms with Gasteiger partial charge in [-0.2, -0.15) is 0 Å². The molecule has 0 bridgehead atoms. The molecule has 1 N–H and O–H groups in total. The fraction of sp³-hybridized carbons (Fsp3) is 0.0909. The molecule has 0 amide bonds. The van der Waals surface area contributed by atoms with Crippen molar-refractivity contribution in [3.8, 4) is 22.6 Å². The van der Waals surface area contributed by atoms with E-state index in [9.17, 15) is 4.21 Å². The Bertz CT molecular complexity index is 1160. The van der Waals surface area contributed by atoms with Gasteiger partial charge in [0.05, 0.1) is 35.4 Å². The zero-order valence-corrected chi connectivity index (χ0v) is 16.9. The Balaban J connectivity index is 1.63. The smallest absolute Gasteiger partial charge is 0.150 e. The Kier molecular flexibility index (Phi) is 5.39. The van der Waals surface area contributed by atoms with E-state index < -0.39 is 11.0 Å². The maximum Gasteiger partial charge on any atom is 0.150 e. The molecular formula is C22H20N4O2S. The number of aromatic nitrogens is 3. The number of nitrogens with zero attached hydrogens (tertiary/aromatic N) is 3. The van der Waals surface area contributed by atoms with Crippen LogP contribution in [0.1, 0.15) is 5.69 Å². The van der Waals surface area contributed by atoms with Gasteiger partial charge in [0, 0.05) is 24.7 Å². The lowest BCUT2D eigenvalue weighted by atomic mass is 10.1. The fourth-order valence-electron chi connectivity index (χ4n) is 3.07. The third-order valence-corrected chi connectivity index (χ3v) is 5.63. The van der Waals surface area contributed by atoms with Gasteiger partial charge in [-0.15, -0.1) is 0 Å². The van der Waals surface area contributed by atoms with Gasteiger partial charge >= 0.3 is 0 Å². The number of aryl methyl sites for hydroxylation is 1. The molecule has 1 unspecified atom stereocenters. The highest BCUT2D eigenvalue weighted by Crippen LogP contribution is 2.30. The van der Waals surface area contributed by atoms with E-state index in [1.54, 1.807) is 25.8 Å². The summed E-state index contributed by atoms with van der Waals surface area (Å²) < 4.78 is 23.6. The van der Waals surface area contributed by atoms with Crippen LogP contribution in [0.4, 0.5) is 5.69 Å². The standard InChI is InChI=1S/C22H20N4O2S/c1-16-14-26(15-24-16)20-8-7-18(13-21(20)28-2)25-29(27)22-6-4-3-5-19(22)17-9-11-23-12-10-17/h3-15,25H,1-2H3. The second kappa shape index (κ2) is 8.28. The number of pyridine rings is 1. The summed E-state index contributed by atoms with van der Waals surface area (Å²) in [6.07, 6.45) is 7.12. The van der Waals surface area contributed by atoms with Crippen LogP contribution in [0.5, 0.6) is 5.75 Å². The van der Waals surface area contributed by atoms with Gasteiger partial charge in [0.1, 0.15) is 5.75 Å². The van der Waals surface area contributed by atoms with Crippen molar-refractivity contribution in [3.63, 3.8) is 0 Å². The zero-order chi connectivity index (χ0) is 20.2. The van der Waals surface area contributed by atoms with Crippen LogP contribution < -0.4 is 9.46 Å². The molecule has 2 aromatic carbocycles. The van der Waals surface area contributed by atoms with Gasteiger partial charge in [0.2, 0.25) is 0 Å². The monoisotopic (exact) mass is 404 g/mol. The minimum absolute atomic E-state index is 0.659. The highest BCUT2D eigenvalue weighted by atomic mass is 32.2. The molecule has 0 spiro atoms. The highest BCUT2D eigenvalue weighted by Gasteiger charge is 2.13. The Morgan fingerprint density at radius 3 is 2.59 bits per heavy atom.